The van der Waals surface area contributed by atoms with E-state index in [1.54, 1.807) is 13.3 Å². The Hall–Kier alpha value is -1.98. The molecule has 2 heterocycles. The molecule has 1 aromatic carbocycles. The lowest BCUT2D eigenvalue weighted by Gasteiger charge is -2.07. The van der Waals surface area contributed by atoms with Crippen molar-refractivity contribution in [1.29, 1.82) is 0 Å². The molecule has 0 fully saturated rings. The SMILES string of the molecule is COc1ccc(CNCc2cc(Cl)c3c(c2)OCO3)cn1. The van der Waals surface area contributed by atoms with Gasteiger partial charge in [0, 0.05) is 25.4 Å². The number of halogens is 1. The quantitative estimate of drug-likeness (QED) is 0.920. The van der Waals surface area contributed by atoms with E-state index in [2.05, 4.69) is 10.3 Å². The van der Waals surface area contributed by atoms with Gasteiger partial charge < -0.3 is 19.5 Å². The number of hydrogen-bond acceptors (Lipinski definition) is 5. The van der Waals surface area contributed by atoms with Gasteiger partial charge in [-0.2, -0.15) is 0 Å². The van der Waals surface area contributed by atoms with Crippen LogP contribution in [0.2, 0.25) is 5.02 Å². The van der Waals surface area contributed by atoms with Crippen LogP contribution in [0.1, 0.15) is 11.1 Å². The summed E-state index contributed by atoms with van der Waals surface area (Å²) in [6.45, 7) is 1.62. The second-order valence-corrected chi connectivity index (χ2v) is 5.03. The number of aromatic nitrogens is 1. The molecule has 110 valence electrons. The first kappa shape index (κ1) is 14.0. The van der Waals surface area contributed by atoms with Crippen LogP contribution < -0.4 is 19.5 Å². The molecule has 5 nitrogen and oxygen atoms in total. The van der Waals surface area contributed by atoms with Gasteiger partial charge in [-0.25, -0.2) is 4.98 Å². The molecule has 2 aromatic rings. The largest absolute Gasteiger partial charge is 0.481 e. The molecule has 0 aliphatic carbocycles. The molecular weight excluding hydrogens is 292 g/mol. The molecule has 0 radical (unpaired) electrons. The number of hydrogen-bond donors (Lipinski definition) is 1. The van der Waals surface area contributed by atoms with Crippen molar-refractivity contribution in [2.75, 3.05) is 13.9 Å². The fourth-order valence-electron chi connectivity index (χ4n) is 2.11. The van der Waals surface area contributed by atoms with Crippen LogP contribution in [0.15, 0.2) is 30.5 Å². The Morgan fingerprint density at radius 3 is 2.86 bits per heavy atom. The summed E-state index contributed by atoms with van der Waals surface area (Å²) in [6.07, 6.45) is 1.79. The van der Waals surface area contributed by atoms with E-state index in [9.17, 15) is 0 Å². The van der Waals surface area contributed by atoms with Crippen molar-refractivity contribution in [3.8, 4) is 17.4 Å². The first-order valence-electron chi connectivity index (χ1n) is 6.54. The molecule has 1 aromatic heterocycles. The first-order valence-corrected chi connectivity index (χ1v) is 6.91. The Balaban J connectivity index is 1.59. The third-order valence-corrected chi connectivity index (χ3v) is 3.43. The van der Waals surface area contributed by atoms with Crippen molar-refractivity contribution in [3.05, 3.63) is 46.6 Å². The third kappa shape index (κ3) is 3.20. The average molecular weight is 307 g/mol. The maximum Gasteiger partial charge on any atom is 0.231 e. The summed E-state index contributed by atoms with van der Waals surface area (Å²) < 4.78 is 15.7. The number of rotatable bonds is 5. The molecule has 1 aliphatic heterocycles. The van der Waals surface area contributed by atoms with Crippen LogP contribution in [0.5, 0.6) is 17.4 Å². The highest BCUT2D eigenvalue weighted by Crippen LogP contribution is 2.39. The van der Waals surface area contributed by atoms with Crippen LogP contribution in [0.25, 0.3) is 0 Å². The van der Waals surface area contributed by atoms with Gasteiger partial charge in [0.15, 0.2) is 11.5 Å². The van der Waals surface area contributed by atoms with E-state index in [1.807, 2.05) is 24.3 Å². The van der Waals surface area contributed by atoms with Crippen molar-refractivity contribution in [2.24, 2.45) is 0 Å². The highest BCUT2D eigenvalue weighted by Gasteiger charge is 2.17. The summed E-state index contributed by atoms with van der Waals surface area (Å²) in [5.41, 5.74) is 2.13. The summed E-state index contributed by atoms with van der Waals surface area (Å²) in [7, 11) is 1.60. The number of fused-ring (bicyclic) bond motifs is 1. The second-order valence-electron chi connectivity index (χ2n) is 4.62. The maximum absolute atomic E-state index is 6.15. The zero-order valence-corrected chi connectivity index (χ0v) is 12.3. The van der Waals surface area contributed by atoms with Crippen molar-refractivity contribution in [2.45, 2.75) is 13.1 Å². The van der Waals surface area contributed by atoms with Crippen LogP contribution >= 0.6 is 11.6 Å². The summed E-state index contributed by atoms with van der Waals surface area (Å²) in [4.78, 5) is 4.16. The Labute approximate surface area is 127 Å². The number of nitrogens with zero attached hydrogens (tertiary/aromatic N) is 1. The number of methoxy groups -OCH3 is 1. The predicted molar refractivity (Wildman–Crippen MR) is 78.9 cm³/mol. The van der Waals surface area contributed by atoms with E-state index < -0.39 is 0 Å². The van der Waals surface area contributed by atoms with E-state index in [4.69, 9.17) is 25.8 Å². The van der Waals surface area contributed by atoms with E-state index >= 15 is 0 Å². The number of benzene rings is 1. The van der Waals surface area contributed by atoms with Crippen LogP contribution in [0.3, 0.4) is 0 Å². The molecule has 0 saturated heterocycles. The fraction of sp³-hybridized carbons (Fsp3) is 0.267. The van der Waals surface area contributed by atoms with Gasteiger partial charge in [-0.1, -0.05) is 17.7 Å². The van der Waals surface area contributed by atoms with Gasteiger partial charge in [0.25, 0.3) is 0 Å². The Morgan fingerprint density at radius 2 is 2.10 bits per heavy atom. The molecule has 0 bridgehead atoms. The van der Waals surface area contributed by atoms with Gasteiger partial charge in [0.05, 0.1) is 12.1 Å². The lowest BCUT2D eigenvalue weighted by atomic mass is 10.2. The molecule has 0 atom stereocenters. The predicted octanol–water partition coefficient (Wildman–Crippen LogP) is 2.76. The Bertz CT molecular complexity index is 632. The van der Waals surface area contributed by atoms with Gasteiger partial charge in [0.2, 0.25) is 12.7 Å². The molecule has 0 saturated carbocycles. The minimum atomic E-state index is 0.226. The van der Waals surface area contributed by atoms with E-state index in [-0.39, 0.29) is 6.79 Å². The van der Waals surface area contributed by atoms with Crippen molar-refractivity contribution >= 4 is 11.6 Å². The summed E-state index contributed by atoms with van der Waals surface area (Å²) in [5, 5.41) is 3.91. The molecule has 3 rings (SSSR count). The normalized spacial score (nSPS) is 12.5. The molecule has 1 aliphatic rings. The van der Waals surface area contributed by atoms with Crippen LogP contribution in [-0.2, 0) is 13.1 Å². The monoisotopic (exact) mass is 306 g/mol. The summed E-state index contributed by atoms with van der Waals surface area (Å²) >= 11 is 6.15. The van der Waals surface area contributed by atoms with Gasteiger partial charge in [-0.05, 0) is 23.3 Å². The topological polar surface area (TPSA) is 52.6 Å². The Morgan fingerprint density at radius 1 is 1.24 bits per heavy atom. The minimum Gasteiger partial charge on any atom is -0.481 e. The highest BCUT2D eigenvalue weighted by atomic mass is 35.5. The molecule has 21 heavy (non-hydrogen) atoms. The number of ether oxygens (including phenoxy) is 3. The molecule has 0 unspecified atom stereocenters. The fourth-order valence-corrected chi connectivity index (χ4v) is 2.40. The van der Waals surface area contributed by atoms with Crippen LogP contribution in [0.4, 0.5) is 0 Å². The van der Waals surface area contributed by atoms with Gasteiger partial charge in [0.1, 0.15) is 0 Å². The average Bonchev–Trinajstić information content (AvgIpc) is 2.97. The van der Waals surface area contributed by atoms with Gasteiger partial charge in [-0.15, -0.1) is 0 Å². The van der Waals surface area contributed by atoms with E-state index in [1.165, 1.54) is 0 Å². The first-order chi connectivity index (χ1) is 10.3. The zero-order valence-electron chi connectivity index (χ0n) is 11.6. The maximum atomic E-state index is 6.15. The molecule has 6 heteroatoms. The van der Waals surface area contributed by atoms with Gasteiger partial charge in [-0.3, -0.25) is 0 Å². The smallest absolute Gasteiger partial charge is 0.231 e. The van der Waals surface area contributed by atoms with E-state index in [0.29, 0.717) is 35.5 Å². The lowest BCUT2D eigenvalue weighted by Crippen LogP contribution is -2.12. The van der Waals surface area contributed by atoms with Crippen LogP contribution in [0, 0.1) is 0 Å². The third-order valence-electron chi connectivity index (χ3n) is 3.15. The number of nitrogens with one attached hydrogen (secondary N) is 1. The number of pyridine rings is 1. The second kappa shape index (κ2) is 6.20. The van der Waals surface area contributed by atoms with Crippen molar-refractivity contribution in [1.82, 2.24) is 10.3 Å². The van der Waals surface area contributed by atoms with Crippen molar-refractivity contribution < 1.29 is 14.2 Å². The summed E-state index contributed by atoms with van der Waals surface area (Å²) in [5.74, 6) is 1.94. The van der Waals surface area contributed by atoms with E-state index in [0.717, 1.165) is 11.1 Å². The molecule has 1 N–H and O–H groups in total. The highest BCUT2D eigenvalue weighted by molar-refractivity contribution is 6.32. The van der Waals surface area contributed by atoms with Gasteiger partial charge >= 0.3 is 0 Å². The molecule has 0 spiro atoms. The zero-order chi connectivity index (χ0) is 14.7. The molecule has 0 amide bonds. The Kier molecular flexibility index (Phi) is 4.13. The summed E-state index contributed by atoms with van der Waals surface area (Å²) in [6, 6.07) is 7.64. The van der Waals surface area contributed by atoms with Crippen LogP contribution in [-0.4, -0.2) is 18.9 Å². The molecular formula is C15H15ClN2O3. The van der Waals surface area contributed by atoms with Crippen molar-refractivity contribution in [3.63, 3.8) is 0 Å². The minimum absolute atomic E-state index is 0.226. The standard InChI is InChI=1S/C15H15ClN2O3/c1-19-14-3-2-10(8-18-14)6-17-7-11-4-12(16)15-13(5-11)20-9-21-15/h2-5,8,17H,6-7,9H2,1H3. The lowest BCUT2D eigenvalue weighted by molar-refractivity contribution is 0.174.